The number of hydrogen-bond donors (Lipinski definition) is 0. The molecule has 2 heterocycles. The number of methoxy groups -OCH3 is 1. The predicted molar refractivity (Wildman–Crippen MR) is 107 cm³/mol. The maximum Gasteiger partial charge on any atom is 0.431 e. The maximum atomic E-state index is 15.0. The van der Waals surface area contributed by atoms with Crippen LogP contribution in [0.2, 0.25) is 0 Å². The van der Waals surface area contributed by atoms with Crippen LogP contribution >= 0.6 is 11.8 Å². The van der Waals surface area contributed by atoms with Crippen LogP contribution in [0.15, 0.2) is 41.5 Å². The first-order chi connectivity index (χ1) is 13.7. The van der Waals surface area contributed by atoms with E-state index in [1.165, 1.54) is 29.9 Å². The van der Waals surface area contributed by atoms with Crippen molar-refractivity contribution in [1.82, 2.24) is 0 Å². The standard InChI is InChI=1S/C21H20F4N2OS/c1-11-4-6-13(7-5-11)27-19-14-8-9-16(28-3)18(22)15(14)10-29-12(2)17(19)20(26-27)21(23,24)25/h4-9,12,17,19H,10H2,1-3H3. The van der Waals surface area contributed by atoms with Gasteiger partial charge in [0.25, 0.3) is 0 Å². The molecule has 2 aromatic rings. The van der Waals surface area contributed by atoms with Crippen molar-refractivity contribution in [3.05, 3.63) is 58.9 Å². The van der Waals surface area contributed by atoms with Gasteiger partial charge in [0.2, 0.25) is 0 Å². The second-order valence-electron chi connectivity index (χ2n) is 7.30. The summed E-state index contributed by atoms with van der Waals surface area (Å²) in [5, 5.41) is 5.03. The summed E-state index contributed by atoms with van der Waals surface area (Å²) in [5.41, 5.74) is 1.63. The third kappa shape index (κ3) is 3.37. The fraction of sp³-hybridized carbons (Fsp3) is 0.381. The van der Waals surface area contributed by atoms with E-state index in [2.05, 4.69) is 5.10 Å². The zero-order valence-corrected chi connectivity index (χ0v) is 16.9. The Kier molecular flexibility index (Phi) is 5.01. The molecule has 0 aromatic heterocycles. The number of rotatable bonds is 2. The summed E-state index contributed by atoms with van der Waals surface area (Å²) in [5.74, 6) is -1.06. The summed E-state index contributed by atoms with van der Waals surface area (Å²) in [7, 11) is 1.37. The van der Waals surface area contributed by atoms with Gasteiger partial charge in [0.05, 0.1) is 18.8 Å². The molecule has 0 amide bonds. The first kappa shape index (κ1) is 20.1. The van der Waals surface area contributed by atoms with Crippen LogP contribution in [0.4, 0.5) is 23.2 Å². The van der Waals surface area contributed by atoms with Gasteiger partial charge in [-0.3, -0.25) is 5.01 Å². The molecule has 0 aliphatic carbocycles. The molecular weight excluding hydrogens is 404 g/mol. The van der Waals surface area contributed by atoms with Gasteiger partial charge in [-0.1, -0.05) is 30.7 Å². The molecule has 3 nitrogen and oxygen atoms in total. The second kappa shape index (κ2) is 7.23. The number of aryl methyl sites for hydroxylation is 1. The number of ether oxygens (including phenoxy) is 1. The Morgan fingerprint density at radius 3 is 2.45 bits per heavy atom. The van der Waals surface area contributed by atoms with Crippen molar-refractivity contribution in [3.63, 3.8) is 0 Å². The quantitative estimate of drug-likeness (QED) is 0.564. The Morgan fingerprint density at radius 2 is 1.83 bits per heavy atom. The fourth-order valence-electron chi connectivity index (χ4n) is 4.03. The molecule has 0 saturated heterocycles. The topological polar surface area (TPSA) is 24.8 Å². The first-order valence-corrected chi connectivity index (χ1v) is 10.3. The van der Waals surface area contributed by atoms with E-state index in [0.29, 0.717) is 16.8 Å². The van der Waals surface area contributed by atoms with Crippen LogP contribution in [-0.4, -0.2) is 24.2 Å². The summed E-state index contributed by atoms with van der Waals surface area (Å²) in [6.07, 6.45) is -4.56. The minimum absolute atomic E-state index is 0.0901. The fourth-order valence-corrected chi connectivity index (χ4v) is 5.23. The van der Waals surface area contributed by atoms with Gasteiger partial charge in [0.15, 0.2) is 11.6 Å². The van der Waals surface area contributed by atoms with Crippen molar-refractivity contribution < 1.29 is 22.3 Å². The van der Waals surface area contributed by atoms with Crippen LogP contribution in [0.5, 0.6) is 5.75 Å². The maximum absolute atomic E-state index is 15.0. The lowest BCUT2D eigenvalue weighted by Gasteiger charge is -2.30. The van der Waals surface area contributed by atoms with Gasteiger partial charge < -0.3 is 4.74 Å². The number of benzene rings is 2. The molecule has 2 aromatic carbocycles. The van der Waals surface area contributed by atoms with Crippen molar-refractivity contribution >= 4 is 23.2 Å². The lowest BCUT2D eigenvalue weighted by atomic mass is 9.85. The largest absolute Gasteiger partial charge is 0.494 e. The third-order valence-corrected chi connectivity index (χ3v) is 6.78. The second-order valence-corrected chi connectivity index (χ2v) is 8.67. The van der Waals surface area contributed by atoms with Gasteiger partial charge >= 0.3 is 6.18 Å². The molecule has 2 aliphatic heterocycles. The number of hydrazone groups is 1. The molecule has 0 saturated carbocycles. The molecule has 0 spiro atoms. The van der Waals surface area contributed by atoms with Gasteiger partial charge in [-0.25, -0.2) is 4.39 Å². The van der Waals surface area contributed by atoms with Crippen LogP contribution in [0.1, 0.15) is 29.7 Å². The number of hydrogen-bond acceptors (Lipinski definition) is 4. The van der Waals surface area contributed by atoms with Crippen LogP contribution in [0.3, 0.4) is 0 Å². The highest BCUT2D eigenvalue weighted by Crippen LogP contribution is 2.51. The van der Waals surface area contributed by atoms with Gasteiger partial charge in [-0.15, -0.1) is 0 Å². The molecule has 3 atom stereocenters. The summed E-state index contributed by atoms with van der Waals surface area (Å²) in [6.45, 7) is 3.66. The van der Waals surface area contributed by atoms with E-state index in [4.69, 9.17) is 4.74 Å². The van der Waals surface area contributed by atoms with E-state index in [9.17, 15) is 13.2 Å². The molecule has 0 N–H and O–H groups in total. The molecular formula is C21H20F4N2OS. The molecule has 29 heavy (non-hydrogen) atoms. The SMILES string of the molecule is COc1ccc2c(c1F)CSC(C)C1C(C(F)(F)F)=NN(c3ccc(C)cc3)C21. The average molecular weight is 424 g/mol. The van der Waals surface area contributed by atoms with Crippen LogP contribution in [0.25, 0.3) is 0 Å². The van der Waals surface area contributed by atoms with Crippen molar-refractivity contribution in [2.75, 3.05) is 12.1 Å². The minimum atomic E-state index is -4.56. The zero-order valence-electron chi connectivity index (χ0n) is 16.1. The molecule has 3 unspecified atom stereocenters. The molecule has 0 radical (unpaired) electrons. The lowest BCUT2D eigenvalue weighted by Crippen LogP contribution is -2.36. The smallest absolute Gasteiger partial charge is 0.431 e. The first-order valence-electron chi connectivity index (χ1n) is 9.21. The number of fused-ring (bicyclic) bond motifs is 3. The predicted octanol–water partition coefficient (Wildman–Crippen LogP) is 5.87. The van der Waals surface area contributed by atoms with Crippen LogP contribution in [0, 0.1) is 18.7 Å². The minimum Gasteiger partial charge on any atom is -0.494 e. The number of halogens is 4. The van der Waals surface area contributed by atoms with Gasteiger partial charge in [0, 0.05) is 22.5 Å². The molecule has 0 bridgehead atoms. The Balaban J connectivity index is 1.92. The van der Waals surface area contributed by atoms with Crippen LogP contribution < -0.4 is 9.75 Å². The molecule has 154 valence electrons. The summed E-state index contributed by atoms with van der Waals surface area (Å²) in [6, 6.07) is 9.56. The molecule has 8 heteroatoms. The van der Waals surface area contributed by atoms with E-state index in [1.54, 1.807) is 25.1 Å². The molecule has 4 rings (SSSR count). The number of alkyl halides is 3. The highest BCUT2D eigenvalue weighted by molar-refractivity contribution is 7.99. The Hall–Kier alpha value is -2.22. The number of anilines is 1. The van der Waals surface area contributed by atoms with Gasteiger partial charge in [-0.2, -0.15) is 30.0 Å². The molecule has 0 fully saturated rings. The monoisotopic (exact) mass is 424 g/mol. The van der Waals surface area contributed by atoms with E-state index in [1.807, 2.05) is 19.1 Å². The van der Waals surface area contributed by atoms with Crippen molar-refractivity contribution in [2.24, 2.45) is 11.0 Å². The van der Waals surface area contributed by atoms with Gasteiger partial charge in [-0.05, 0) is 30.7 Å². The Bertz CT molecular complexity index is 958. The van der Waals surface area contributed by atoms with E-state index in [-0.39, 0.29) is 11.5 Å². The third-order valence-electron chi connectivity index (χ3n) is 5.50. The summed E-state index contributed by atoms with van der Waals surface area (Å²) in [4.78, 5) is 0. The average Bonchev–Trinajstić information content (AvgIpc) is 3.01. The van der Waals surface area contributed by atoms with E-state index < -0.39 is 34.9 Å². The normalized spacial score (nSPS) is 23.9. The number of nitrogens with zero attached hydrogens (tertiary/aromatic N) is 2. The zero-order chi connectivity index (χ0) is 20.9. The van der Waals surface area contributed by atoms with Gasteiger partial charge in [0.1, 0.15) is 5.71 Å². The van der Waals surface area contributed by atoms with E-state index >= 15 is 4.39 Å². The highest BCUT2D eigenvalue weighted by Gasteiger charge is 2.54. The van der Waals surface area contributed by atoms with Crippen LogP contribution in [-0.2, 0) is 5.75 Å². The summed E-state index contributed by atoms with van der Waals surface area (Å²) < 4.78 is 61.8. The van der Waals surface area contributed by atoms with E-state index in [0.717, 1.165) is 5.56 Å². The highest BCUT2D eigenvalue weighted by atomic mass is 32.2. The summed E-state index contributed by atoms with van der Waals surface area (Å²) >= 11 is 1.31. The Morgan fingerprint density at radius 1 is 1.14 bits per heavy atom. The molecule has 2 aliphatic rings. The van der Waals surface area contributed by atoms with Crippen molar-refractivity contribution in [1.29, 1.82) is 0 Å². The van der Waals surface area contributed by atoms with Crippen molar-refractivity contribution in [3.8, 4) is 5.75 Å². The lowest BCUT2D eigenvalue weighted by molar-refractivity contribution is -0.0623. The number of thioether (sulfide) groups is 1. The Labute approximate surface area is 170 Å². The van der Waals surface area contributed by atoms with Crippen molar-refractivity contribution in [2.45, 2.75) is 37.1 Å².